The number of likely N-dealkylation sites (tertiary alicyclic amines) is 3. The lowest BCUT2D eigenvalue weighted by molar-refractivity contribution is -0.142. The number of rotatable bonds is 5. The van der Waals surface area contributed by atoms with E-state index in [2.05, 4.69) is 10.2 Å². The molecule has 4 aliphatic heterocycles. The smallest absolute Gasteiger partial charge is 0.418 e. The number of amides is 3. The van der Waals surface area contributed by atoms with Crippen LogP contribution < -0.4 is 11.1 Å². The number of carbonyl (C=O) groups is 3. The molecule has 0 bridgehead atoms. The van der Waals surface area contributed by atoms with E-state index in [-0.39, 0.29) is 32.0 Å². The normalized spacial score (nSPS) is 20.9. The van der Waals surface area contributed by atoms with Gasteiger partial charge >= 0.3 is 24.5 Å². The number of ether oxygens (including phenoxy) is 2. The summed E-state index contributed by atoms with van der Waals surface area (Å²) in [4.78, 5) is 45.0. The predicted molar refractivity (Wildman–Crippen MR) is 169 cm³/mol. The third-order valence-electron chi connectivity index (χ3n) is 10.2. The van der Waals surface area contributed by atoms with Gasteiger partial charge in [0.1, 0.15) is 5.60 Å². The maximum Gasteiger partial charge on any atom is 0.418 e. The van der Waals surface area contributed by atoms with Crippen LogP contribution in [0.15, 0.2) is 36.4 Å². The van der Waals surface area contributed by atoms with Crippen molar-refractivity contribution in [3.8, 4) is 0 Å². The molecular weight excluding hydrogens is 672 g/mol. The Bertz CT molecular complexity index is 1560. The van der Waals surface area contributed by atoms with Gasteiger partial charge in [-0.2, -0.15) is 26.3 Å². The number of alkyl halides is 6. The summed E-state index contributed by atoms with van der Waals surface area (Å²) in [7, 11) is 0. The van der Waals surface area contributed by atoms with Crippen molar-refractivity contribution < 1.29 is 50.2 Å². The average molecular weight is 712 g/mol. The van der Waals surface area contributed by atoms with E-state index in [0.29, 0.717) is 43.8 Å². The SMILES string of the molecule is Nc1c(C(F)(F)F)cc(C[C@@H](OC(=O)N2CCC3(CC2)OC(=O)Nc2ccccc23)C(=O)N2CCC(N3CCCCC3)CC2)cc1C(F)(F)F. The molecule has 3 amide bonds. The summed E-state index contributed by atoms with van der Waals surface area (Å²) in [6, 6.07) is 8.27. The van der Waals surface area contributed by atoms with Crippen LogP contribution in [0, 0.1) is 0 Å². The molecule has 0 radical (unpaired) electrons. The second-order valence-electron chi connectivity index (χ2n) is 13.4. The zero-order valence-electron chi connectivity index (χ0n) is 27.2. The zero-order valence-corrected chi connectivity index (χ0v) is 27.2. The number of nitrogens with two attached hydrogens (primary N) is 1. The van der Waals surface area contributed by atoms with Gasteiger partial charge in [-0.15, -0.1) is 0 Å². The van der Waals surface area contributed by atoms with E-state index in [1.807, 2.05) is 6.07 Å². The molecule has 16 heteroatoms. The van der Waals surface area contributed by atoms with Gasteiger partial charge in [0.25, 0.3) is 5.91 Å². The number of halogens is 6. The highest BCUT2D eigenvalue weighted by Crippen LogP contribution is 2.44. The Morgan fingerprint density at radius 1 is 0.900 bits per heavy atom. The Morgan fingerprint density at radius 2 is 1.50 bits per heavy atom. The van der Waals surface area contributed by atoms with Gasteiger partial charge in [-0.1, -0.05) is 24.6 Å². The Hall–Kier alpha value is -4.21. The molecule has 6 rings (SSSR count). The highest BCUT2D eigenvalue weighted by Gasteiger charge is 2.46. The van der Waals surface area contributed by atoms with Crippen molar-refractivity contribution in [1.29, 1.82) is 0 Å². The third kappa shape index (κ3) is 7.44. The Kier molecular flexibility index (Phi) is 9.85. The van der Waals surface area contributed by atoms with E-state index in [0.717, 1.165) is 37.9 Å². The molecule has 50 heavy (non-hydrogen) atoms. The highest BCUT2D eigenvalue weighted by atomic mass is 19.4. The van der Waals surface area contributed by atoms with Crippen LogP contribution in [-0.4, -0.2) is 84.2 Å². The highest BCUT2D eigenvalue weighted by molar-refractivity contribution is 5.89. The number of hydrogen-bond donors (Lipinski definition) is 2. The van der Waals surface area contributed by atoms with Crippen molar-refractivity contribution in [2.45, 2.75) is 81.5 Å². The number of para-hydroxylation sites is 1. The van der Waals surface area contributed by atoms with Crippen LogP contribution in [0.25, 0.3) is 0 Å². The fourth-order valence-corrected chi connectivity index (χ4v) is 7.61. The lowest BCUT2D eigenvalue weighted by Crippen LogP contribution is -2.53. The molecule has 0 aromatic heterocycles. The number of nitrogen functional groups attached to an aromatic ring is 1. The van der Waals surface area contributed by atoms with Crippen molar-refractivity contribution in [3.05, 3.63) is 58.7 Å². The summed E-state index contributed by atoms with van der Waals surface area (Å²) >= 11 is 0. The fraction of sp³-hybridized carbons (Fsp3) is 0.559. The first-order valence-electron chi connectivity index (χ1n) is 16.8. The van der Waals surface area contributed by atoms with Gasteiger partial charge in [0, 0.05) is 57.0 Å². The van der Waals surface area contributed by atoms with Crippen molar-refractivity contribution in [2.24, 2.45) is 0 Å². The molecular formula is C34H39F6N5O5. The van der Waals surface area contributed by atoms with Crippen molar-refractivity contribution in [1.82, 2.24) is 14.7 Å². The molecule has 4 aliphatic rings. The fourth-order valence-electron chi connectivity index (χ4n) is 7.61. The zero-order chi connectivity index (χ0) is 35.8. The standard InChI is InChI=1S/C34H39F6N5O5/c35-33(36,37)24-18-21(19-25(28(24)41)34(38,39)40)20-27(29(46)44-14-8-22(9-15-44)43-12-4-1-5-13-43)49-31(48)45-16-10-32(11-17-45)23-6-2-3-7-26(23)42-30(47)50-32/h2-3,6-7,18-19,22,27H,1,4-5,8-17,20,41H2,(H,42,47)/t27-/m1/s1. The van der Waals surface area contributed by atoms with E-state index in [4.69, 9.17) is 15.2 Å². The summed E-state index contributed by atoms with van der Waals surface area (Å²) in [6.07, 6.45) is -9.51. The van der Waals surface area contributed by atoms with Gasteiger partial charge in [-0.3, -0.25) is 10.1 Å². The lowest BCUT2D eigenvalue weighted by atomic mass is 9.82. The molecule has 1 atom stereocenters. The minimum absolute atomic E-state index is 0.0426. The van der Waals surface area contributed by atoms with Crippen LogP contribution in [0.2, 0.25) is 0 Å². The molecule has 272 valence electrons. The molecule has 2 aromatic rings. The number of anilines is 2. The second kappa shape index (κ2) is 13.8. The van der Waals surface area contributed by atoms with Gasteiger partial charge in [-0.25, -0.2) is 9.59 Å². The molecule has 10 nitrogen and oxygen atoms in total. The third-order valence-corrected chi connectivity index (χ3v) is 10.2. The van der Waals surface area contributed by atoms with Crippen LogP contribution in [-0.2, 0) is 38.6 Å². The molecule has 0 aliphatic carbocycles. The van der Waals surface area contributed by atoms with Gasteiger partial charge in [-0.05, 0) is 62.5 Å². The molecule has 1 spiro atoms. The number of nitrogens with one attached hydrogen (secondary N) is 1. The van der Waals surface area contributed by atoms with Gasteiger partial charge < -0.3 is 29.9 Å². The molecule has 3 fully saturated rings. The monoisotopic (exact) mass is 711 g/mol. The summed E-state index contributed by atoms with van der Waals surface area (Å²) < 4.78 is 94.4. The lowest BCUT2D eigenvalue weighted by Gasteiger charge is -2.44. The van der Waals surface area contributed by atoms with Crippen LogP contribution >= 0.6 is 0 Å². The summed E-state index contributed by atoms with van der Waals surface area (Å²) in [5, 5.41) is 2.65. The molecule has 3 saturated heterocycles. The van der Waals surface area contributed by atoms with Crippen LogP contribution in [0.3, 0.4) is 0 Å². The minimum atomic E-state index is -5.22. The average Bonchev–Trinajstić information content (AvgIpc) is 3.08. The van der Waals surface area contributed by atoms with E-state index < -0.39 is 70.9 Å². The quantitative estimate of drug-likeness (QED) is 0.273. The van der Waals surface area contributed by atoms with Gasteiger partial charge in [0.2, 0.25) is 0 Å². The van der Waals surface area contributed by atoms with E-state index >= 15 is 0 Å². The number of carbonyl (C=O) groups excluding carboxylic acids is 3. The number of nitrogens with zero attached hydrogens (tertiary/aromatic N) is 3. The van der Waals surface area contributed by atoms with Crippen molar-refractivity contribution in [2.75, 3.05) is 50.3 Å². The van der Waals surface area contributed by atoms with E-state index in [1.165, 1.54) is 9.80 Å². The summed E-state index contributed by atoms with van der Waals surface area (Å²) in [6.45, 7) is 2.58. The Labute approximate surface area is 284 Å². The van der Waals surface area contributed by atoms with Crippen molar-refractivity contribution in [3.63, 3.8) is 0 Å². The van der Waals surface area contributed by atoms with Gasteiger partial charge in [0.15, 0.2) is 6.10 Å². The first-order valence-corrected chi connectivity index (χ1v) is 16.8. The Morgan fingerprint density at radius 3 is 2.10 bits per heavy atom. The molecule has 2 aromatic carbocycles. The maximum absolute atomic E-state index is 13.9. The topological polar surface area (TPSA) is 117 Å². The first kappa shape index (κ1) is 35.6. The van der Waals surface area contributed by atoms with Gasteiger partial charge in [0.05, 0.1) is 22.5 Å². The maximum atomic E-state index is 13.9. The van der Waals surface area contributed by atoms with E-state index in [9.17, 15) is 40.7 Å². The largest absolute Gasteiger partial charge is 0.438 e. The summed E-state index contributed by atoms with van der Waals surface area (Å²) in [5.74, 6) is -0.705. The van der Waals surface area contributed by atoms with E-state index in [1.54, 1.807) is 18.2 Å². The predicted octanol–water partition coefficient (Wildman–Crippen LogP) is 6.38. The minimum Gasteiger partial charge on any atom is -0.438 e. The number of hydrogen-bond acceptors (Lipinski definition) is 7. The van der Waals surface area contributed by atoms with Crippen molar-refractivity contribution >= 4 is 29.5 Å². The molecule has 0 unspecified atom stereocenters. The Balaban J connectivity index is 1.22. The van der Waals surface area contributed by atoms with Crippen LogP contribution in [0.5, 0.6) is 0 Å². The van der Waals surface area contributed by atoms with Crippen LogP contribution in [0.1, 0.15) is 67.2 Å². The molecule has 0 saturated carbocycles. The van der Waals surface area contributed by atoms with Crippen LogP contribution in [0.4, 0.5) is 47.3 Å². The molecule has 4 heterocycles. The number of benzene rings is 2. The summed E-state index contributed by atoms with van der Waals surface area (Å²) in [5.41, 5.74) is 0.255. The number of fused-ring (bicyclic) bond motifs is 2. The second-order valence-corrected chi connectivity index (χ2v) is 13.4. The molecule has 3 N–H and O–H groups in total. The first-order chi connectivity index (χ1) is 23.6. The number of piperidine rings is 3.